The maximum Gasteiger partial charge on any atom is 0.251 e. The van der Waals surface area contributed by atoms with E-state index < -0.39 is 0 Å². The van der Waals surface area contributed by atoms with Crippen molar-refractivity contribution in [1.82, 2.24) is 20.6 Å². The predicted octanol–water partition coefficient (Wildman–Crippen LogP) is 10.2. The monoisotopic (exact) mass is 860 g/mol. The summed E-state index contributed by atoms with van der Waals surface area (Å²) in [5, 5.41) is 6.21. The minimum atomic E-state index is -0.199. The molecule has 1 aliphatic rings. The van der Waals surface area contributed by atoms with E-state index in [9.17, 15) is 9.59 Å². The van der Waals surface area contributed by atoms with E-state index in [1.807, 2.05) is 60.7 Å². The topological polar surface area (TPSA) is 121 Å². The van der Waals surface area contributed by atoms with Crippen LogP contribution in [0.25, 0.3) is 0 Å². The van der Waals surface area contributed by atoms with Crippen molar-refractivity contribution in [3.05, 3.63) is 176 Å². The highest BCUT2D eigenvalue weighted by molar-refractivity contribution is 5.95. The van der Waals surface area contributed by atoms with Crippen LogP contribution in [0.4, 0.5) is 0 Å². The van der Waals surface area contributed by atoms with Gasteiger partial charge in [0.05, 0.1) is 50.9 Å². The number of hydrogen-bond acceptors (Lipinski definition) is 8. The van der Waals surface area contributed by atoms with E-state index in [0.29, 0.717) is 76.3 Å². The number of benzene rings is 4. The summed E-state index contributed by atoms with van der Waals surface area (Å²) in [6.07, 6.45) is 8.49. The molecule has 1 aliphatic carbocycles. The van der Waals surface area contributed by atoms with Crippen molar-refractivity contribution in [3.63, 3.8) is 0 Å². The van der Waals surface area contributed by atoms with Gasteiger partial charge < -0.3 is 29.6 Å². The second-order valence-electron chi connectivity index (χ2n) is 16.2. The smallest absolute Gasteiger partial charge is 0.251 e. The number of nitrogens with one attached hydrogen (secondary N) is 2. The predicted molar refractivity (Wildman–Crippen MR) is 251 cm³/mol. The molecule has 2 N–H and O–H groups in total. The molecule has 0 atom stereocenters. The zero-order chi connectivity index (χ0) is 44.7. The molecule has 2 aromatic heterocycles. The van der Waals surface area contributed by atoms with Gasteiger partial charge in [-0.25, -0.2) is 0 Å². The molecule has 332 valence electrons. The second kappa shape index (κ2) is 22.6. The number of fused-ring (bicyclic) bond motifs is 8. The van der Waals surface area contributed by atoms with Gasteiger partial charge in [-0.2, -0.15) is 0 Å². The Morgan fingerprint density at radius 2 is 0.750 bits per heavy atom. The molecule has 6 aromatic rings. The molecule has 64 heavy (non-hydrogen) atoms. The number of ether oxygens (including phenoxy) is 4. The number of carbonyl (C=O) groups excluding carboxylic acids is 2. The summed E-state index contributed by atoms with van der Waals surface area (Å²) in [5.74, 6) is 2.67. The highest BCUT2D eigenvalue weighted by Crippen LogP contribution is 2.40. The van der Waals surface area contributed by atoms with Gasteiger partial charge in [-0.1, -0.05) is 76.2 Å². The third-order valence-corrected chi connectivity index (χ3v) is 11.0. The van der Waals surface area contributed by atoms with Crippen LogP contribution in [0.3, 0.4) is 0 Å². The van der Waals surface area contributed by atoms with Crippen LogP contribution >= 0.6 is 0 Å². The number of hydrogen-bond donors (Lipinski definition) is 2. The fourth-order valence-corrected chi connectivity index (χ4v) is 8.06. The average Bonchev–Trinajstić information content (AvgIpc) is 3.31. The van der Waals surface area contributed by atoms with Crippen LogP contribution in [-0.4, -0.2) is 48.2 Å². The Balaban J connectivity index is 1.43. The molecule has 0 unspecified atom stereocenters. The number of nitrogens with zero attached hydrogens (tertiary/aromatic N) is 2. The third kappa shape index (κ3) is 11.5. The number of amides is 2. The maximum absolute atomic E-state index is 14.1. The molecule has 4 aromatic carbocycles. The zero-order valence-corrected chi connectivity index (χ0v) is 37.6. The number of para-hydroxylation sites is 2. The average molecular weight is 861 g/mol. The summed E-state index contributed by atoms with van der Waals surface area (Å²) >= 11 is 0. The van der Waals surface area contributed by atoms with Crippen LogP contribution in [0.5, 0.6) is 23.0 Å². The van der Waals surface area contributed by atoms with Crippen LogP contribution in [0.1, 0.15) is 130 Å². The SMILES string of the molecule is CCCOc1c2cccc1Cc1cc(C(=O)NCc3ccccn3)cc(c1OCCC)Cc1cccc(c1OCCC)Cc1cc(C(=O)NCc3ccccn3)cc(c1OCCC)C2. The lowest BCUT2D eigenvalue weighted by molar-refractivity contribution is 0.0942. The van der Waals surface area contributed by atoms with Gasteiger partial charge in [-0.05, 0) is 119 Å². The van der Waals surface area contributed by atoms with Crippen molar-refractivity contribution in [2.45, 2.75) is 92.2 Å². The van der Waals surface area contributed by atoms with E-state index in [1.165, 1.54) is 0 Å². The Labute approximate surface area is 377 Å². The normalized spacial score (nSPS) is 11.9. The molecule has 0 aliphatic heterocycles. The Kier molecular flexibility index (Phi) is 16.0. The molecular weight excluding hydrogens is 801 g/mol. The van der Waals surface area contributed by atoms with Gasteiger partial charge in [-0.15, -0.1) is 0 Å². The third-order valence-electron chi connectivity index (χ3n) is 11.0. The molecular formula is C54H60N4O6. The molecule has 7 rings (SSSR count). The van der Waals surface area contributed by atoms with Gasteiger partial charge in [0.1, 0.15) is 23.0 Å². The van der Waals surface area contributed by atoms with Crippen LogP contribution in [0.2, 0.25) is 0 Å². The molecule has 10 heteroatoms. The lowest BCUT2D eigenvalue weighted by atomic mass is 9.89. The molecule has 0 saturated carbocycles. The largest absolute Gasteiger partial charge is 0.493 e. The lowest BCUT2D eigenvalue weighted by Crippen LogP contribution is -2.24. The van der Waals surface area contributed by atoms with Crippen LogP contribution < -0.4 is 29.6 Å². The molecule has 8 bridgehead atoms. The first-order valence-electron chi connectivity index (χ1n) is 22.8. The zero-order valence-electron chi connectivity index (χ0n) is 37.6. The summed E-state index contributed by atoms with van der Waals surface area (Å²) in [6.45, 7) is 11.0. The van der Waals surface area contributed by atoms with E-state index in [4.69, 9.17) is 18.9 Å². The quantitative estimate of drug-likeness (QED) is 0.0875. The molecule has 0 fully saturated rings. The van der Waals surface area contributed by atoms with Gasteiger partial charge in [0.25, 0.3) is 11.8 Å². The first-order chi connectivity index (χ1) is 31.4. The van der Waals surface area contributed by atoms with Gasteiger partial charge in [-0.3, -0.25) is 19.6 Å². The van der Waals surface area contributed by atoms with E-state index in [1.54, 1.807) is 12.4 Å². The Morgan fingerprint density at radius 3 is 1.03 bits per heavy atom. The van der Waals surface area contributed by atoms with E-state index in [2.05, 4.69) is 84.7 Å². The first-order valence-corrected chi connectivity index (χ1v) is 22.8. The van der Waals surface area contributed by atoms with Crippen molar-refractivity contribution in [1.29, 1.82) is 0 Å². The Hall–Kier alpha value is -6.68. The fraction of sp³-hybridized carbons (Fsp3) is 0.333. The van der Waals surface area contributed by atoms with Crippen molar-refractivity contribution >= 4 is 11.8 Å². The summed E-state index contributed by atoms with van der Waals surface area (Å²) in [7, 11) is 0. The summed E-state index contributed by atoms with van der Waals surface area (Å²) < 4.78 is 26.8. The number of carbonyl (C=O) groups is 2. The van der Waals surface area contributed by atoms with Crippen molar-refractivity contribution in [2.24, 2.45) is 0 Å². The van der Waals surface area contributed by atoms with Crippen LogP contribution in [0, 0.1) is 0 Å². The summed E-state index contributed by atoms with van der Waals surface area (Å²) in [4.78, 5) is 37.1. The van der Waals surface area contributed by atoms with Crippen LogP contribution in [0.15, 0.2) is 109 Å². The van der Waals surface area contributed by atoms with Gasteiger partial charge in [0, 0.05) is 49.2 Å². The minimum Gasteiger partial charge on any atom is -0.493 e. The van der Waals surface area contributed by atoms with Gasteiger partial charge >= 0.3 is 0 Å². The lowest BCUT2D eigenvalue weighted by Gasteiger charge is -2.23. The molecule has 10 nitrogen and oxygen atoms in total. The first kappa shape index (κ1) is 45.3. The number of aromatic nitrogens is 2. The molecule has 0 radical (unpaired) electrons. The fourth-order valence-electron chi connectivity index (χ4n) is 8.06. The van der Waals surface area contributed by atoms with E-state index in [0.717, 1.165) is 105 Å². The maximum atomic E-state index is 14.1. The number of pyridine rings is 2. The van der Waals surface area contributed by atoms with Crippen molar-refractivity contribution in [3.8, 4) is 23.0 Å². The van der Waals surface area contributed by atoms with Gasteiger partial charge in [0.2, 0.25) is 0 Å². The highest BCUT2D eigenvalue weighted by Gasteiger charge is 2.25. The Morgan fingerprint density at radius 1 is 0.438 bits per heavy atom. The highest BCUT2D eigenvalue weighted by atomic mass is 16.5. The van der Waals surface area contributed by atoms with Gasteiger partial charge in [0.15, 0.2) is 0 Å². The summed E-state index contributed by atoms with van der Waals surface area (Å²) in [6, 6.07) is 31.7. The minimum absolute atomic E-state index is 0.199. The number of rotatable bonds is 18. The molecule has 2 heterocycles. The second-order valence-corrected chi connectivity index (χ2v) is 16.2. The van der Waals surface area contributed by atoms with Crippen LogP contribution in [-0.2, 0) is 38.8 Å². The molecule has 2 amide bonds. The van der Waals surface area contributed by atoms with E-state index in [-0.39, 0.29) is 11.8 Å². The van der Waals surface area contributed by atoms with Crippen molar-refractivity contribution < 1.29 is 28.5 Å². The Bertz CT molecular complexity index is 2240. The van der Waals surface area contributed by atoms with Crippen molar-refractivity contribution in [2.75, 3.05) is 26.4 Å². The summed E-state index contributed by atoms with van der Waals surface area (Å²) in [5.41, 5.74) is 10.00. The standard InChI is InChI=1S/C54H60N4O6/c1-5-23-61-49-37-15-13-16-38(49)28-42-32-46(54(60)58-36-48-20-10-12-22-56-48)34-44(52(42)64-26-8-4)30-40-18-14-17-39(50(40)62-24-6-2)29-43-33-45(31-41(27-37)51(43)63-25-7-3)53(59)57-35-47-19-9-11-21-55-47/h9-22,31-34H,5-8,23-30,35-36H2,1-4H3,(H,57,59)(H,58,60). The molecule has 0 saturated heterocycles. The molecule has 0 spiro atoms. The van der Waals surface area contributed by atoms with E-state index >= 15 is 0 Å².